The highest BCUT2D eigenvalue weighted by Crippen LogP contribution is 2.50. The van der Waals surface area contributed by atoms with Gasteiger partial charge in [-0.2, -0.15) is 13.2 Å². The molecule has 2 aromatic rings. The maximum absolute atomic E-state index is 15.3. The van der Waals surface area contributed by atoms with E-state index >= 15 is 4.39 Å². The Bertz CT molecular complexity index is 1190. The molecule has 3 aliphatic heterocycles. The van der Waals surface area contributed by atoms with Crippen LogP contribution in [0.5, 0.6) is 0 Å². The summed E-state index contributed by atoms with van der Waals surface area (Å²) < 4.78 is 71.5. The van der Waals surface area contributed by atoms with E-state index in [1.165, 1.54) is 29.2 Å². The Morgan fingerprint density at radius 2 is 1.60 bits per heavy atom. The number of benzene rings is 2. The predicted molar refractivity (Wildman–Crippen MR) is 119 cm³/mol. The molecular formula is C23H18Cl2F5N3O2. The molecule has 2 aromatic carbocycles. The van der Waals surface area contributed by atoms with Crippen LogP contribution in [0.2, 0.25) is 10.0 Å². The minimum atomic E-state index is -4.93. The number of alkyl halides is 4. The number of amides is 2. The summed E-state index contributed by atoms with van der Waals surface area (Å²) in [6.07, 6.45) is -4.71. The van der Waals surface area contributed by atoms with Crippen LogP contribution in [0.3, 0.4) is 0 Å². The Morgan fingerprint density at radius 1 is 1.00 bits per heavy atom. The number of hydrogen-bond acceptors (Lipinski definition) is 3. The van der Waals surface area contributed by atoms with Gasteiger partial charge in [-0.15, -0.1) is 0 Å². The lowest BCUT2D eigenvalue weighted by atomic mass is 9.85. The summed E-state index contributed by atoms with van der Waals surface area (Å²) in [4.78, 5) is 20.2. The fourth-order valence-corrected chi connectivity index (χ4v) is 4.88. The van der Waals surface area contributed by atoms with Crippen molar-refractivity contribution in [2.45, 2.75) is 30.3 Å². The summed E-state index contributed by atoms with van der Waals surface area (Å²) in [7, 11) is 0. The van der Waals surface area contributed by atoms with Crippen molar-refractivity contribution >= 4 is 34.9 Å². The number of halogens is 7. The molecule has 0 spiro atoms. The molecule has 3 aliphatic rings. The van der Waals surface area contributed by atoms with Gasteiger partial charge in [-0.05, 0) is 29.7 Å². The molecule has 0 aromatic heterocycles. The Labute approximate surface area is 207 Å². The summed E-state index contributed by atoms with van der Waals surface area (Å²) in [5, 5.41) is 2.49. The lowest BCUT2D eigenvalue weighted by Crippen LogP contribution is -2.63. The molecule has 2 amide bonds. The van der Waals surface area contributed by atoms with Crippen LogP contribution in [0.1, 0.15) is 29.5 Å². The van der Waals surface area contributed by atoms with E-state index in [1.54, 1.807) is 4.90 Å². The standard InChI is InChI=1S/C23H18Cl2F5N3O2/c24-16-8-15(9-17(25)19(16)26)22(23(28,29)30)10-18(31-35-22)13-2-4-14(5-3-13)21(27)11-33(12-21)20(34)32-6-1-7-32/h2-5,8-9H,1,6-7,10-12H2/t22-/m0/s1. The second-order valence-electron chi connectivity index (χ2n) is 8.91. The number of likely N-dealkylation sites (tertiary alicyclic amines) is 2. The molecule has 1 atom stereocenters. The zero-order valence-electron chi connectivity index (χ0n) is 18.0. The van der Waals surface area contributed by atoms with Gasteiger partial charge in [0.15, 0.2) is 11.5 Å². The van der Waals surface area contributed by atoms with Gasteiger partial charge in [0.2, 0.25) is 0 Å². The van der Waals surface area contributed by atoms with Crippen molar-refractivity contribution in [1.82, 2.24) is 9.80 Å². The van der Waals surface area contributed by atoms with Gasteiger partial charge >= 0.3 is 12.2 Å². The van der Waals surface area contributed by atoms with Crippen LogP contribution in [-0.4, -0.2) is 53.9 Å². The number of carbonyl (C=O) groups is 1. The van der Waals surface area contributed by atoms with Crippen molar-refractivity contribution in [3.05, 3.63) is 69.0 Å². The lowest BCUT2D eigenvalue weighted by Gasteiger charge is -2.47. The molecule has 35 heavy (non-hydrogen) atoms. The molecule has 0 radical (unpaired) electrons. The lowest BCUT2D eigenvalue weighted by molar-refractivity contribution is -0.275. The minimum Gasteiger partial charge on any atom is -0.374 e. The first-order valence-corrected chi connectivity index (χ1v) is 11.5. The normalized spacial score (nSPS) is 23.3. The third kappa shape index (κ3) is 3.91. The van der Waals surface area contributed by atoms with Crippen LogP contribution in [0.15, 0.2) is 41.6 Å². The van der Waals surface area contributed by atoms with E-state index < -0.39 is 45.3 Å². The summed E-state index contributed by atoms with van der Waals surface area (Å²) in [6, 6.07) is 7.27. The van der Waals surface area contributed by atoms with Crippen LogP contribution >= 0.6 is 23.2 Å². The number of carbonyl (C=O) groups excluding carboxylic acids is 1. The molecule has 186 valence electrons. The average Bonchev–Trinajstić information content (AvgIpc) is 3.21. The minimum absolute atomic E-state index is 0.0263. The summed E-state index contributed by atoms with van der Waals surface area (Å²) >= 11 is 11.4. The van der Waals surface area contributed by atoms with Crippen molar-refractivity contribution < 1.29 is 31.6 Å². The van der Waals surface area contributed by atoms with Crippen molar-refractivity contribution in [3.63, 3.8) is 0 Å². The molecule has 5 rings (SSSR count). The first kappa shape index (κ1) is 24.1. The maximum Gasteiger partial charge on any atom is 0.435 e. The molecule has 0 aliphatic carbocycles. The fraction of sp³-hybridized carbons (Fsp3) is 0.391. The molecule has 0 saturated carbocycles. The highest BCUT2D eigenvalue weighted by atomic mass is 35.5. The Kier molecular flexibility index (Phi) is 5.67. The van der Waals surface area contributed by atoms with E-state index in [1.807, 2.05) is 0 Å². The zero-order chi connectivity index (χ0) is 25.2. The molecule has 5 nitrogen and oxygen atoms in total. The van der Waals surface area contributed by atoms with Gasteiger partial charge in [-0.25, -0.2) is 13.6 Å². The average molecular weight is 534 g/mol. The van der Waals surface area contributed by atoms with E-state index in [4.69, 9.17) is 28.0 Å². The summed E-state index contributed by atoms with van der Waals surface area (Å²) in [6.45, 7) is 1.16. The van der Waals surface area contributed by atoms with E-state index in [0.29, 0.717) is 24.2 Å². The Hall–Kier alpha value is -2.59. The highest BCUT2D eigenvalue weighted by molar-refractivity contribution is 6.35. The molecule has 12 heteroatoms. The highest BCUT2D eigenvalue weighted by Gasteiger charge is 2.62. The van der Waals surface area contributed by atoms with Crippen molar-refractivity contribution in [2.75, 3.05) is 26.2 Å². The second kappa shape index (κ2) is 8.23. The van der Waals surface area contributed by atoms with Crippen LogP contribution in [0.25, 0.3) is 0 Å². The SMILES string of the molecule is O=C(N1CCC1)N1CC(F)(c2ccc(C3=NO[C@@](c4cc(Cl)c(F)c(Cl)c4)(C(F)(F)F)C3)cc2)C1. The third-order valence-electron chi connectivity index (χ3n) is 6.65. The second-order valence-corrected chi connectivity index (χ2v) is 9.72. The molecule has 0 bridgehead atoms. The molecule has 0 N–H and O–H groups in total. The molecule has 2 saturated heterocycles. The first-order chi connectivity index (χ1) is 16.4. The summed E-state index contributed by atoms with van der Waals surface area (Å²) in [5.41, 5.74) is -4.54. The molecule has 3 heterocycles. The van der Waals surface area contributed by atoms with E-state index in [2.05, 4.69) is 5.16 Å². The van der Waals surface area contributed by atoms with Gasteiger partial charge in [0, 0.05) is 25.1 Å². The Balaban J connectivity index is 1.34. The van der Waals surface area contributed by atoms with Gasteiger partial charge in [-0.1, -0.05) is 52.6 Å². The van der Waals surface area contributed by atoms with Crippen LogP contribution in [0.4, 0.5) is 26.7 Å². The van der Waals surface area contributed by atoms with E-state index in [9.17, 15) is 22.4 Å². The fourth-order valence-electron chi connectivity index (χ4n) is 4.39. The largest absolute Gasteiger partial charge is 0.435 e. The number of rotatable bonds is 3. The number of urea groups is 1. The van der Waals surface area contributed by atoms with Crippen molar-refractivity contribution in [1.29, 1.82) is 0 Å². The van der Waals surface area contributed by atoms with Gasteiger partial charge in [0.1, 0.15) is 0 Å². The topological polar surface area (TPSA) is 45.1 Å². The van der Waals surface area contributed by atoms with Crippen LogP contribution in [0, 0.1) is 5.82 Å². The molecule has 2 fully saturated rings. The third-order valence-corrected chi connectivity index (χ3v) is 7.20. The molecule has 0 unspecified atom stereocenters. The van der Waals surface area contributed by atoms with Crippen molar-refractivity contribution in [3.8, 4) is 0 Å². The van der Waals surface area contributed by atoms with Crippen molar-refractivity contribution in [2.24, 2.45) is 5.16 Å². The van der Waals surface area contributed by atoms with Crippen LogP contribution < -0.4 is 0 Å². The molecular weight excluding hydrogens is 516 g/mol. The smallest absolute Gasteiger partial charge is 0.374 e. The Morgan fingerprint density at radius 3 is 2.11 bits per heavy atom. The summed E-state index contributed by atoms with van der Waals surface area (Å²) in [5.74, 6) is -1.04. The van der Waals surface area contributed by atoms with E-state index in [-0.39, 0.29) is 24.8 Å². The van der Waals surface area contributed by atoms with Crippen LogP contribution in [-0.2, 0) is 16.1 Å². The zero-order valence-corrected chi connectivity index (χ0v) is 19.5. The van der Waals surface area contributed by atoms with Gasteiger partial charge in [-0.3, -0.25) is 0 Å². The van der Waals surface area contributed by atoms with Gasteiger partial charge in [0.05, 0.1) is 28.8 Å². The number of hydrogen-bond donors (Lipinski definition) is 0. The predicted octanol–water partition coefficient (Wildman–Crippen LogP) is 6.02. The maximum atomic E-state index is 15.3. The number of nitrogens with zero attached hydrogens (tertiary/aromatic N) is 3. The van der Waals surface area contributed by atoms with Gasteiger partial charge in [0.25, 0.3) is 5.60 Å². The quantitative estimate of drug-likeness (QED) is 0.357. The monoisotopic (exact) mass is 533 g/mol. The van der Waals surface area contributed by atoms with Gasteiger partial charge < -0.3 is 14.6 Å². The number of oxime groups is 1. The first-order valence-electron chi connectivity index (χ1n) is 10.7. The van der Waals surface area contributed by atoms with E-state index in [0.717, 1.165) is 18.6 Å².